The topological polar surface area (TPSA) is 98.6 Å². The van der Waals surface area contributed by atoms with Crippen molar-refractivity contribution in [1.82, 2.24) is 0 Å². The standard InChI is InChI=1S/C6H14BN2O3/c8-4-12-7-3-1-2-5(9)6(10)11/h5H,1-4,8-9H2,(H,10,11)/t5-/m0/s1. The van der Waals surface area contributed by atoms with Crippen molar-refractivity contribution in [3.05, 3.63) is 0 Å². The molecule has 6 heteroatoms. The molecular weight excluding hydrogens is 159 g/mol. The van der Waals surface area contributed by atoms with Gasteiger partial charge >= 0.3 is 5.97 Å². The molecule has 0 aromatic rings. The van der Waals surface area contributed by atoms with E-state index in [9.17, 15) is 4.79 Å². The molecule has 1 atom stereocenters. The molecule has 69 valence electrons. The van der Waals surface area contributed by atoms with Gasteiger partial charge in [-0.2, -0.15) is 0 Å². The predicted octanol–water partition coefficient (Wildman–Crippen LogP) is -0.851. The maximum atomic E-state index is 10.2. The molecule has 0 spiro atoms. The number of carboxylic acid groups (broad SMARTS) is 1. The lowest BCUT2D eigenvalue weighted by molar-refractivity contribution is -0.138. The van der Waals surface area contributed by atoms with E-state index in [1.807, 2.05) is 0 Å². The SMILES string of the molecule is NCO[B]CCC[C@H](N)C(=O)O. The van der Waals surface area contributed by atoms with Crippen LogP contribution in [0.2, 0.25) is 6.32 Å². The minimum absolute atomic E-state index is 0.158. The van der Waals surface area contributed by atoms with Crippen LogP contribution in [0.4, 0.5) is 0 Å². The quantitative estimate of drug-likeness (QED) is 0.264. The summed E-state index contributed by atoms with van der Waals surface area (Å²) < 4.78 is 4.74. The second-order valence-electron chi connectivity index (χ2n) is 2.38. The zero-order valence-corrected chi connectivity index (χ0v) is 6.90. The molecule has 0 amide bonds. The van der Waals surface area contributed by atoms with E-state index in [1.54, 1.807) is 7.48 Å². The van der Waals surface area contributed by atoms with Gasteiger partial charge in [-0.25, -0.2) is 0 Å². The second kappa shape index (κ2) is 7.09. The van der Waals surface area contributed by atoms with Gasteiger partial charge in [0.05, 0.1) is 6.73 Å². The van der Waals surface area contributed by atoms with E-state index in [0.717, 1.165) is 0 Å². The van der Waals surface area contributed by atoms with Gasteiger partial charge in [0, 0.05) is 0 Å². The Labute approximate surface area is 72.3 Å². The van der Waals surface area contributed by atoms with Gasteiger partial charge in [-0.05, 0) is 6.42 Å². The highest BCUT2D eigenvalue weighted by Gasteiger charge is 2.09. The van der Waals surface area contributed by atoms with Gasteiger partial charge in [0.2, 0.25) is 0 Å². The Hall–Kier alpha value is -0.585. The lowest BCUT2D eigenvalue weighted by Crippen LogP contribution is -2.29. The molecule has 5 N–H and O–H groups in total. The molecule has 0 saturated heterocycles. The van der Waals surface area contributed by atoms with Gasteiger partial charge in [-0.15, -0.1) is 0 Å². The maximum absolute atomic E-state index is 10.2. The predicted molar refractivity (Wildman–Crippen MR) is 45.5 cm³/mol. The Morgan fingerprint density at radius 1 is 1.67 bits per heavy atom. The van der Waals surface area contributed by atoms with Crippen molar-refractivity contribution in [2.75, 3.05) is 6.73 Å². The van der Waals surface area contributed by atoms with E-state index in [1.165, 1.54) is 0 Å². The first kappa shape index (κ1) is 11.4. The molecular formula is C6H14BN2O3. The third-order valence-corrected chi connectivity index (χ3v) is 1.37. The summed E-state index contributed by atoms with van der Waals surface area (Å²) in [5, 5.41) is 8.40. The fourth-order valence-corrected chi connectivity index (χ4v) is 0.696. The Morgan fingerprint density at radius 3 is 2.83 bits per heavy atom. The van der Waals surface area contributed by atoms with Crippen molar-refractivity contribution < 1.29 is 14.6 Å². The Kier molecular flexibility index (Phi) is 6.74. The summed E-state index contributed by atoms with van der Waals surface area (Å²) in [5.41, 5.74) is 10.3. The zero-order chi connectivity index (χ0) is 9.40. The van der Waals surface area contributed by atoms with Crippen molar-refractivity contribution in [2.45, 2.75) is 25.2 Å². The van der Waals surface area contributed by atoms with E-state index in [4.69, 9.17) is 21.2 Å². The Bertz CT molecular complexity index is 134. The average molecular weight is 173 g/mol. The Morgan fingerprint density at radius 2 is 2.33 bits per heavy atom. The number of hydrogen-bond donors (Lipinski definition) is 3. The van der Waals surface area contributed by atoms with Crippen LogP contribution in [0.15, 0.2) is 0 Å². The van der Waals surface area contributed by atoms with Gasteiger partial charge in [-0.3, -0.25) is 4.79 Å². The highest BCUT2D eigenvalue weighted by molar-refractivity contribution is 6.26. The summed E-state index contributed by atoms with van der Waals surface area (Å²) in [5.74, 6) is -0.963. The number of carbonyl (C=O) groups is 1. The zero-order valence-electron chi connectivity index (χ0n) is 6.90. The molecule has 0 aliphatic heterocycles. The summed E-state index contributed by atoms with van der Waals surface area (Å²) in [6, 6.07) is -0.767. The van der Waals surface area contributed by atoms with Crippen LogP contribution < -0.4 is 11.5 Å². The van der Waals surface area contributed by atoms with E-state index >= 15 is 0 Å². The number of aliphatic carboxylic acids is 1. The second-order valence-corrected chi connectivity index (χ2v) is 2.38. The highest BCUT2D eigenvalue weighted by atomic mass is 16.4. The van der Waals surface area contributed by atoms with Crippen molar-refractivity contribution in [3.8, 4) is 0 Å². The molecule has 0 aliphatic rings. The third-order valence-electron chi connectivity index (χ3n) is 1.37. The summed E-state index contributed by atoms with van der Waals surface area (Å²) in [4.78, 5) is 10.2. The number of nitrogens with two attached hydrogens (primary N) is 2. The molecule has 0 saturated carbocycles. The van der Waals surface area contributed by atoms with Crippen LogP contribution >= 0.6 is 0 Å². The summed E-state index contributed by atoms with van der Waals surface area (Å²) in [6.07, 6.45) is 1.84. The molecule has 0 fully saturated rings. The number of rotatable bonds is 7. The van der Waals surface area contributed by atoms with E-state index < -0.39 is 12.0 Å². The number of hydrogen-bond acceptors (Lipinski definition) is 4. The van der Waals surface area contributed by atoms with Gasteiger partial charge in [-0.1, -0.05) is 12.7 Å². The van der Waals surface area contributed by atoms with Crippen LogP contribution in [-0.2, 0) is 9.45 Å². The van der Waals surface area contributed by atoms with Crippen molar-refractivity contribution in [1.29, 1.82) is 0 Å². The van der Waals surface area contributed by atoms with E-state index in [2.05, 4.69) is 0 Å². The lowest BCUT2D eigenvalue weighted by atomic mass is 9.91. The van der Waals surface area contributed by atoms with Gasteiger partial charge < -0.3 is 21.2 Å². The smallest absolute Gasteiger partial charge is 0.320 e. The maximum Gasteiger partial charge on any atom is 0.320 e. The van der Waals surface area contributed by atoms with Gasteiger partial charge in [0.1, 0.15) is 6.04 Å². The monoisotopic (exact) mass is 173 g/mol. The molecule has 0 heterocycles. The Balaban J connectivity index is 3.14. The average Bonchev–Trinajstić information content (AvgIpc) is 2.03. The largest absolute Gasteiger partial charge is 0.480 e. The molecule has 0 aliphatic carbocycles. The van der Waals surface area contributed by atoms with E-state index in [-0.39, 0.29) is 6.73 Å². The summed E-state index contributed by atoms with van der Waals surface area (Å²) >= 11 is 0. The van der Waals surface area contributed by atoms with Crippen LogP contribution in [-0.4, -0.2) is 31.3 Å². The molecule has 1 radical (unpaired) electrons. The fourth-order valence-electron chi connectivity index (χ4n) is 0.696. The molecule has 0 unspecified atom stereocenters. The molecule has 0 rings (SSSR count). The van der Waals surface area contributed by atoms with Gasteiger partial charge in [0.25, 0.3) is 7.48 Å². The highest BCUT2D eigenvalue weighted by Crippen LogP contribution is 1.98. The first-order valence-corrected chi connectivity index (χ1v) is 3.80. The fraction of sp³-hybridized carbons (Fsp3) is 0.833. The van der Waals surface area contributed by atoms with Crippen molar-refractivity contribution in [3.63, 3.8) is 0 Å². The molecule has 12 heavy (non-hydrogen) atoms. The first-order chi connectivity index (χ1) is 5.68. The minimum Gasteiger partial charge on any atom is -0.480 e. The molecule has 0 bridgehead atoms. The van der Waals surface area contributed by atoms with Crippen LogP contribution in [0.25, 0.3) is 0 Å². The summed E-state index contributed by atoms with van der Waals surface area (Å²) in [6.45, 7) is 0.158. The van der Waals surface area contributed by atoms with E-state index in [0.29, 0.717) is 19.2 Å². The van der Waals surface area contributed by atoms with Crippen molar-refractivity contribution in [2.24, 2.45) is 11.5 Å². The van der Waals surface area contributed by atoms with Crippen LogP contribution in [0.1, 0.15) is 12.8 Å². The molecule has 5 nitrogen and oxygen atoms in total. The molecule has 0 aromatic heterocycles. The normalized spacial score (nSPS) is 12.5. The summed E-state index contributed by atoms with van der Waals surface area (Å²) in [7, 11) is 1.56. The van der Waals surface area contributed by atoms with Crippen molar-refractivity contribution >= 4 is 13.5 Å². The van der Waals surface area contributed by atoms with Crippen LogP contribution in [0.5, 0.6) is 0 Å². The third kappa shape index (κ3) is 6.15. The molecule has 0 aromatic carbocycles. The first-order valence-electron chi connectivity index (χ1n) is 3.80. The number of carboxylic acids is 1. The van der Waals surface area contributed by atoms with Crippen LogP contribution in [0, 0.1) is 0 Å². The minimum atomic E-state index is -0.963. The van der Waals surface area contributed by atoms with Crippen LogP contribution in [0.3, 0.4) is 0 Å². The lowest BCUT2D eigenvalue weighted by Gasteiger charge is -2.04. The van der Waals surface area contributed by atoms with Gasteiger partial charge in [0.15, 0.2) is 0 Å².